The number of nitrogens with one attached hydrogen (secondary N) is 1. The minimum absolute atomic E-state index is 0.257. The number of hydrogen-bond acceptors (Lipinski definition) is 2. The van der Waals surface area contributed by atoms with Gasteiger partial charge in [-0.25, -0.2) is 0 Å². The lowest BCUT2D eigenvalue weighted by molar-refractivity contribution is -0.121. The highest BCUT2D eigenvalue weighted by atomic mass is 35.5. The van der Waals surface area contributed by atoms with E-state index in [2.05, 4.69) is 5.32 Å². The molecule has 6 heteroatoms. The van der Waals surface area contributed by atoms with E-state index in [1.54, 1.807) is 0 Å². The van der Waals surface area contributed by atoms with Crippen molar-refractivity contribution in [2.24, 2.45) is 11.7 Å². The molecule has 2 aliphatic rings. The number of thiocarbonyl (C=S) groups is 1. The Hall–Kier alpha value is -1.07. The summed E-state index contributed by atoms with van der Waals surface area (Å²) in [6, 6.07) is 0. The number of alkyl halides is 1. The molecule has 1 heterocycles. The lowest BCUT2D eigenvalue weighted by atomic mass is 9.86. The molecule has 0 spiro atoms. The Morgan fingerprint density at radius 1 is 1.67 bits per heavy atom. The topological polar surface area (TPSA) is 58.4 Å². The summed E-state index contributed by atoms with van der Waals surface area (Å²) in [6.07, 6.45) is 6.63. The minimum atomic E-state index is -0.295. The molecule has 1 aliphatic carbocycles. The van der Waals surface area contributed by atoms with Crippen LogP contribution in [0.15, 0.2) is 23.5 Å². The lowest BCUT2D eigenvalue weighted by Crippen LogP contribution is -2.40. The van der Waals surface area contributed by atoms with Gasteiger partial charge in [-0.05, 0) is 43.1 Å². The molecule has 3 N–H and O–H groups in total. The van der Waals surface area contributed by atoms with Crippen LogP contribution in [0.2, 0.25) is 0 Å². The SMILES string of the molecule is NC(=O)C1CCCC2=C1NC(=S)N(CCCl)C=C2. The summed E-state index contributed by atoms with van der Waals surface area (Å²) in [6.45, 7) is 0.645. The maximum Gasteiger partial charge on any atom is 0.226 e. The Labute approximate surface area is 117 Å². The van der Waals surface area contributed by atoms with E-state index in [9.17, 15) is 4.79 Å². The molecule has 1 atom stereocenters. The van der Waals surface area contributed by atoms with Crippen molar-refractivity contribution in [3.05, 3.63) is 23.5 Å². The van der Waals surface area contributed by atoms with E-state index >= 15 is 0 Å². The molecule has 0 saturated heterocycles. The molecule has 0 radical (unpaired) electrons. The van der Waals surface area contributed by atoms with Crippen molar-refractivity contribution in [1.82, 2.24) is 10.2 Å². The smallest absolute Gasteiger partial charge is 0.226 e. The zero-order chi connectivity index (χ0) is 13.1. The van der Waals surface area contributed by atoms with Gasteiger partial charge in [0.1, 0.15) is 0 Å². The average Bonchev–Trinajstić information content (AvgIpc) is 2.49. The number of nitrogens with two attached hydrogens (primary N) is 1. The number of primary amides is 1. The molecule has 0 aromatic heterocycles. The van der Waals surface area contributed by atoms with Gasteiger partial charge >= 0.3 is 0 Å². The molecule has 98 valence electrons. The molecule has 1 unspecified atom stereocenters. The van der Waals surface area contributed by atoms with Gasteiger partial charge in [0.25, 0.3) is 0 Å². The summed E-state index contributed by atoms with van der Waals surface area (Å²) in [5.74, 6) is -0.0558. The largest absolute Gasteiger partial charge is 0.369 e. The molecule has 1 amide bonds. The van der Waals surface area contributed by atoms with Gasteiger partial charge in [0.05, 0.1) is 5.92 Å². The molecule has 0 fully saturated rings. The molecule has 0 saturated carbocycles. The Balaban J connectivity index is 2.26. The Morgan fingerprint density at radius 2 is 2.44 bits per heavy atom. The van der Waals surface area contributed by atoms with Gasteiger partial charge in [0.2, 0.25) is 5.91 Å². The van der Waals surface area contributed by atoms with Crippen molar-refractivity contribution < 1.29 is 4.79 Å². The fraction of sp³-hybridized carbons (Fsp3) is 0.500. The van der Waals surface area contributed by atoms with Gasteiger partial charge in [0, 0.05) is 24.3 Å². The lowest BCUT2D eigenvalue weighted by Gasteiger charge is -2.26. The number of rotatable bonds is 3. The summed E-state index contributed by atoms with van der Waals surface area (Å²) >= 11 is 11.0. The average molecular weight is 286 g/mol. The van der Waals surface area contributed by atoms with Crippen molar-refractivity contribution in [3.63, 3.8) is 0 Å². The second kappa shape index (κ2) is 5.71. The second-order valence-electron chi connectivity index (χ2n) is 4.41. The zero-order valence-corrected chi connectivity index (χ0v) is 11.6. The quantitative estimate of drug-likeness (QED) is 0.609. The Kier molecular flexibility index (Phi) is 4.24. The van der Waals surface area contributed by atoms with E-state index in [4.69, 9.17) is 29.6 Å². The third-order valence-corrected chi connectivity index (χ3v) is 3.77. The van der Waals surface area contributed by atoms with Gasteiger partial charge in [-0.3, -0.25) is 4.79 Å². The van der Waals surface area contributed by atoms with Crippen molar-refractivity contribution in [2.45, 2.75) is 19.3 Å². The number of carbonyl (C=O) groups excluding carboxylic acids is 1. The highest BCUT2D eigenvalue weighted by molar-refractivity contribution is 7.80. The maximum atomic E-state index is 11.5. The molecule has 0 bridgehead atoms. The molecular formula is C12H16ClN3OS. The summed E-state index contributed by atoms with van der Waals surface area (Å²) in [4.78, 5) is 13.4. The van der Waals surface area contributed by atoms with E-state index in [-0.39, 0.29) is 11.8 Å². The predicted molar refractivity (Wildman–Crippen MR) is 75.9 cm³/mol. The fourth-order valence-corrected chi connectivity index (χ4v) is 2.77. The Morgan fingerprint density at radius 3 is 3.11 bits per heavy atom. The first-order valence-electron chi connectivity index (χ1n) is 5.97. The highest BCUT2D eigenvalue weighted by Gasteiger charge is 2.29. The first kappa shape index (κ1) is 13.4. The van der Waals surface area contributed by atoms with E-state index in [0.29, 0.717) is 17.5 Å². The van der Waals surface area contributed by atoms with Crippen LogP contribution in [-0.4, -0.2) is 28.3 Å². The number of hydrogen-bond donors (Lipinski definition) is 2. The van der Waals surface area contributed by atoms with Crippen LogP contribution in [0.1, 0.15) is 19.3 Å². The molecule has 1 aliphatic heterocycles. The van der Waals surface area contributed by atoms with Crippen LogP contribution in [0, 0.1) is 5.92 Å². The fourth-order valence-electron chi connectivity index (χ4n) is 2.33. The highest BCUT2D eigenvalue weighted by Crippen LogP contribution is 2.30. The maximum absolute atomic E-state index is 11.5. The molecule has 0 aromatic carbocycles. The van der Waals surface area contributed by atoms with Crippen LogP contribution < -0.4 is 11.1 Å². The normalized spacial score (nSPS) is 23.5. The second-order valence-corrected chi connectivity index (χ2v) is 5.18. The Bertz CT molecular complexity index is 433. The monoisotopic (exact) mass is 285 g/mol. The van der Waals surface area contributed by atoms with Gasteiger partial charge in [0.15, 0.2) is 5.11 Å². The van der Waals surface area contributed by atoms with Gasteiger partial charge < -0.3 is 16.0 Å². The first-order chi connectivity index (χ1) is 8.63. The predicted octanol–water partition coefficient (Wildman–Crippen LogP) is 1.47. The third kappa shape index (κ3) is 2.67. The van der Waals surface area contributed by atoms with Gasteiger partial charge in [-0.1, -0.05) is 0 Å². The molecule has 18 heavy (non-hydrogen) atoms. The minimum Gasteiger partial charge on any atom is -0.369 e. The van der Waals surface area contributed by atoms with Crippen LogP contribution in [0.5, 0.6) is 0 Å². The van der Waals surface area contributed by atoms with Gasteiger partial charge in [-0.15, -0.1) is 11.6 Å². The number of carbonyl (C=O) groups is 1. The number of halogens is 1. The standard InChI is InChI=1S/C12H16ClN3OS/c13-5-7-16-6-4-8-2-1-3-9(11(14)17)10(8)15-12(16)18/h4,6,9H,1-3,5,7H2,(H2,14,17)(H,15,18). The number of nitrogens with zero attached hydrogens (tertiary/aromatic N) is 1. The molecule has 4 nitrogen and oxygen atoms in total. The van der Waals surface area contributed by atoms with E-state index < -0.39 is 0 Å². The van der Waals surface area contributed by atoms with Crippen LogP contribution in [0.25, 0.3) is 0 Å². The third-order valence-electron chi connectivity index (χ3n) is 3.26. The van der Waals surface area contributed by atoms with Crippen LogP contribution in [0.4, 0.5) is 0 Å². The van der Waals surface area contributed by atoms with E-state index in [1.165, 1.54) is 0 Å². The molecular weight excluding hydrogens is 270 g/mol. The van der Waals surface area contributed by atoms with E-state index in [1.807, 2.05) is 17.2 Å². The van der Waals surface area contributed by atoms with Crippen LogP contribution in [0.3, 0.4) is 0 Å². The summed E-state index contributed by atoms with van der Waals surface area (Å²) in [7, 11) is 0. The number of allylic oxidation sites excluding steroid dienone is 2. The number of amides is 1. The molecule has 2 rings (SSSR count). The van der Waals surface area contributed by atoms with Crippen molar-refractivity contribution in [2.75, 3.05) is 12.4 Å². The van der Waals surface area contributed by atoms with Gasteiger partial charge in [-0.2, -0.15) is 0 Å². The van der Waals surface area contributed by atoms with Crippen molar-refractivity contribution in [3.8, 4) is 0 Å². The summed E-state index contributed by atoms with van der Waals surface area (Å²) in [5, 5.41) is 3.74. The summed E-state index contributed by atoms with van der Waals surface area (Å²) in [5.41, 5.74) is 7.43. The van der Waals surface area contributed by atoms with Crippen LogP contribution >= 0.6 is 23.8 Å². The van der Waals surface area contributed by atoms with Crippen molar-refractivity contribution >= 4 is 34.8 Å². The van der Waals surface area contributed by atoms with Crippen molar-refractivity contribution in [1.29, 1.82) is 0 Å². The summed E-state index contributed by atoms with van der Waals surface area (Å²) < 4.78 is 0. The zero-order valence-electron chi connectivity index (χ0n) is 9.99. The van der Waals surface area contributed by atoms with E-state index in [0.717, 1.165) is 30.5 Å². The molecule has 0 aromatic rings. The van der Waals surface area contributed by atoms with Crippen LogP contribution in [-0.2, 0) is 4.79 Å². The first-order valence-corrected chi connectivity index (χ1v) is 6.92.